The summed E-state index contributed by atoms with van der Waals surface area (Å²) in [6, 6.07) is -0.321. The summed E-state index contributed by atoms with van der Waals surface area (Å²) in [6.07, 6.45) is 2.68. The first-order valence-corrected chi connectivity index (χ1v) is 5.19. The molecule has 1 fully saturated rings. The fourth-order valence-corrected chi connectivity index (χ4v) is 1.51. The maximum absolute atomic E-state index is 11.1. The van der Waals surface area contributed by atoms with Crippen LogP contribution in [0.2, 0.25) is 0 Å². The molecule has 1 saturated heterocycles. The highest BCUT2D eigenvalue weighted by atomic mass is 32.2. The lowest BCUT2D eigenvalue weighted by atomic mass is 10.2. The predicted octanol–water partition coefficient (Wildman–Crippen LogP) is -0.646. The van der Waals surface area contributed by atoms with Crippen LogP contribution in [-0.4, -0.2) is 36.4 Å². The zero-order valence-corrected chi connectivity index (χ0v) is 7.74. The Balaban J connectivity index is 2.38. The minimum absolute atomic E-state index is 0.0661. The van der Waals surface area contributed by atoms with E-state index in [0.717, 1.165) is 5.75 Å². The third-order valence-corrected chi connectivity index (χ3v) is 2.33. The number of rotatable bonds is 3. The molecule has 5 heteroatoms. The fraction of sp³-hybridized carbons (Fsp3) is 0.714. The average molecular weight is 188 g/mol. The first kappa shape index (κ1) is 9.38. The van der Waals surface area contributed by atoms with Crippen LogP contribution in [0.15, 0.2) is 0 Å². The highest BCUT2D eigenvalue weighted by molar-refractivity contribution is 7.98. The first-order chi connectivity index (χ1) is 5.74. The van der Waals surface area contributed by atoms with Crippen molar-refractivity contribution in [3.8, 4) is 0 Å². The van der Waals surface area contributed by atoms with Crippen LogP contribution in [0, 0.1) is 0 Å². The third-order valence-electron chi connectivity index (χ3n) is 1.69. The summed E-state index contributed by atoms with van der Waals surface area (Å²) in [6.45, 7) is 0.120. The van der Waals surface area contributed by atoms with Crippen molar-refractivity contribution in [2.45, 2.75) is 12.5 Å². The summed E-state index contributed by atoms with van der Waals surface area (Å²) < 4.78 is 0. The maximum Gasteiger partial charge on any atom is 0.243 e. The molecule has 1 rings (SSSR count). The van der Waals surface area contributed by atoms with Crippen LogP contribution in [0.25, 0.3) is 0 Å². The molecule has 1 heterocycles. The third kappa shape index (κ3) is 2.41. The van der Waals surface area contributed by atoms with Crippen LogP contribution >= 0.6 is 11.8 Å². The van der Waals surface area contributed by atoms with Crippen LogP contribution in [0.1, 0.15) is 6.42 Å². The number of piperazine rings is 1. The highest BCUT2D eigenvalue weighted by Gasteiger charge is 2.24. The first-order valence-electron chi connectivity index (χ1n) is 3.80. The molecule has 0 aliphatic carbocycles. The van der Waals surface area contributed by atoms with Crippen molar-refractivity contribution < 1.29 is 9.59 Å². The second-order valence-corrected chi connectivity index (χ2v) is 3.60. The average Bonchev–Trinajstić information content (AvgIpc) is 2.07. The molecule has 2 N–H and O–H groups in total. The molecule has 12 heavy (non-hydrogen) atoms. The van der Waals surface area contributed by atoms with Gasteiger partial charge in [-0.2, -0.15) is 11.8 Å². The minimum Gasteiger partial charge on any atom is -0.345 e. The van der Waals surface area contributed by atoms with Gasteiger partial charge in [-0.25, -0.2) is 0 Å². The Morgan fingerprint density at radius 2 is 2.33 bits per heavy atom. The van der Waals surface area contributed by atoms with E-state index in [9.17, 15) is 9.59 Å². The fourth-order valence-electron chi connectivity index (χ4n) is 1.04. The van der Waals surface area contributed by atoms with Gasteiger partial charge in [0.2, 0.25) is 11.8 Å². The van der Waals surface area contributed by atoms with Crippen LogP contribution in [-0.2, 0) is 9.59 Å². The van der Waals surface area contributed by atoms with Crippen LogP contribution < -0.4 is 10.6 Å². The van der Waals surface area contributed by atoms with E-state index in [4.69, 9.17) is 0 Å². The molecule has 0 bridgehead atoms. The monoisotopic (exact) mass is 188 g/mol. The predicted molar refractivity (Wildman–Crippen MR) is 47.9 cm³/mol. The number of carbonyl (C=O) groups excluding carboxylic acids is 2. The summed E-state index contributed by atoms with van der Waals surface area (Å²) in [4.78, 5) is 22.0. The second kappa shape index (κ2) is 4.35. The van der Waals surface area contributed by atoms with Crippen molar-refractivity contribution in [2.24, 2.45) is 0 Å². The second-order valence-electron chi connectivity index (χ2n) is 2.62. The van der Waals surface area contributed by atoms with Crippen molar-refractivity contribution in [2.75, 3.05) is 18.6 Å². The van der Waals surface area contributed by atoms with E-state index in [0.29, 0.717) is 6.42 Å². The largest absolute Gasteiger partial charge is 0.345 e. The van der Waals surface area contributed by atoms with E-state index in [1.807, 2.05) is 6.26 Å². The number of carbonyl (C=O) groups is 2. The zero-order valence-electron chi connectivity index (χ0n) is 6.92. The molecule has 1 aliphatic heterocycles. The van der Waals surface area contributed by atoms with Gasteiger partial charge in [-0.1, -0.05) is 0 Å². The summed E-state index contributed by atoms with van der Waals surface area (Å²) in [7, 11) is 0. The van der Waals surface area contributed by atoms with Crippen molar-refractivity contribution in [1.82, 2.24) is 10.6 Å². The number of nitrogens with one attached hydrogen (secondary N) is 2. The molecule has 68 valence electrons. The smallest absolute Gasteiger partial charge is 0.243 e. The van der Waals surface area contributed by atoms with E-state index in [-0.39, 0.29) is 24.4 Å². The molecule has 1 aliphatic rings. The van der Waals surface area contributed by atoms with Crippen molar-refractivity contribution in [3.63, 3.8) is 0 Å². The Morgan fingerprint density at radius 1 is 1.58 bits per heavy atom. The molecule has 1 atom stereocenters. The van der Waals surface area contributed by atoms with Crippen molar-refractivity contribution in [1.29, 1.82) is 0 Å². The Hall–Kier alpha value is -0.710. The quantitative estimate of drug-likeness (QED) is 0.619. The van der Waals surface area contributed by atoms with E-state index in [1.165, 1.54) is 0 Å². The number of hydrogen-bond acceptors (Lipinski definition) is 3. The van der Waals surface area contributed by atoms with Crippen LogP contribution in [0.3, 0.4) is 0 Å². The standard InChI is InChI=1S/C7H12N2O2S/c1-12-3-2-5-7(11)8-4-6(10)9-5/h5H,2-4H2,1H3,(H,8,11)(H,9,10). The van der Waals surface area contributed by atoms with Crippen LogP contribution in [0.5, 0.6) is 0 Å². The number of amides is 2. The van der Waals surface area contributed by atoms with Gasteiger partial charge < -0.3 is 10.6 Å². The summed E-state index contributed by atoms with van der Waals surface area (Å²) in [5.41, 5.74) is 0. The van der Waals surface area contributed by atoms with Gasteiger partial charge in [0.1, 0.15) is 6.04 Å². The summed E-state index contributed by atoms with van der Waals surface area (Å²) in [5.74, 6) is 0.725. The van der Waals surface area contributed by atoms with E-state index < -0.39 is 0 Å². The summed E-state index contributed by atoms with van der Waals surface area (Å²) >= 11 is 1.67. The SMILES string of the molecule is CSCCC1NC(=O)CNC1=O. The Labute approximate surface area is 75.5 Å². The Morgan fingerprint density at radius 3 is 3.00 bits per heavy atom. The van der Waals surface area contributed by atoms with E-state index in [2.05, 4.69) is 10.6 Å². The molecule has 4 nitrogen and oxygen atoms in total. The zero-order chi connectivity index (χ0) is 8.97. The lowest BCUT2D eigenvalue weighted by Crippen LogP contribution is -2.56. The number of hydrogen-bond donors (Lipinski definition) is 2. The Kier molecular flexibility index (Phi) is 3.40. The lowest BCUT2D eigenvalue weighted by Gasteiger charge is -2.22. The van der Waals surface area contributed by atoms with E-state index in [1.54, 1.807) is 11.8 Å². The normalized spacial score (nSPS) is 23.2. The highest BCUT2D eigenvalue weighted by Crippen LogP contribution is 2.02. The van der Waals surface area contributed by atoms with Gasteiger partial charge >= 0.3 is 0 Å². The molecule has 0 saturated carbocycles. The molecule has 0 radical (unpaired) electrons. The molecule has 0 aromatic heterocycles. The van der Waals surface area contributed by atoms with Crippen molar-refractivity contribution in [3.05, 3.63) is 0 Å². The molecule has 1 unspecified atom stereocenters. The van der Waals surface area contributed by atoms with Gasteiger partial charge in [0.15, 0.2) is 0 Å². The topological polar surface area (TPSA) is 58.2 Å². The molecular formula is C7H12N2O2S. The molecule has 0 spiro atoms. The van der Waals surface area contributed by atoms with Gasteiger partial charge in [0, 0.05) is 0 Å². The molecule has 0 aromatic rings. The molecular weight excluding hydrogens is 176 g/mol. The van der Waals surface area contributed by atoms with Gasteiger partial charge in [0.05, 0.1) is 6.54 Å². The lowest BCUT2D eigenvalue weighted by molar-refractivity contribution is -0.133. The van der Waals surface area contributed by atoms with Crippen molar-refractivity contribution >= 4 is 23.6 Å². The minimum atomic E-state index is -0.321. The van der Waals surface area contributed by atoms with Crippen LogP contribution in [0.4, 0.5) is 0 Å². The van der Waals surface area contributed by atoms with Gasteiger partial charge in [0.25, 0.3) is 0 Å². The van der Waals surface area contributed by atoms with E-state index >= 15 is 0 Å². The van der Waals surface area contributed by atoms with Gasteiger partial charge in [-0.15, -0.1) is 0 Å². The van der Waals surface area contributed by atoms with Gasteiger partial charge in [-0.05, 0) is 18.4 Å². The maximum atomic E-state index is 11.1. The summed E-state index contributed by atoms with van der Waals surface area (Å²) in [5, 5.41) is 5.17. The van der Waals surface area contributed by atoms with Gasteiger partial charge in [-0.3, -0.25) is 9.59 Å². The number of thioether (sulfide) groups is 1. The Bertz CT molecular complexity index is 196. The molecule has 2 amide bonds. The molecule has 0 aromatic carbocycles.